The van der Waals surface area contributed by atoms with Gasteiger partial charge in [0.1, 0.15) is 10.4 Å². The lowest BCUT2D eigenvalue weighted by Gasteiger charge is -2.04. The van der Waals surface area contributed by atoms with Crippen molar-refractivity contribution in [1.82, 2.24) is 9.97 Å². The van der Waals surface area contributed by atoms with Crippen LogP contribution in [0.4, 0.5) is 11.8 Å². The molecule has 0 amide bonds. The molecule has 0 aromatic carbocycles. The first-order valence-electron chi connectivity index (χ1n) is 4.75. The maximum atomic E-state index is 5.60. The van der Waals surface area contributed by atoms with E-state index in [0.717, 1.165) is 10.5 Å². The summed E-state index contributed by atoms with van der Waals surface area (Å²) in [7, 11) is 0. The molecule has 4 nitrogen and oxygen atoms in total. The summed E-state index contributed by atoms with van der Waals surface area (Å²) < 4.78 is 0.723. The van der Waals surface area contributed by atoms with Crippen molar-refractivity contribution in [1.29, 1.82) is 0 Å². The first-order chi connectivity index (χ1) is 6.69. The van der Waals surface area contributed by atoms with E-state index < -0.39 is 0 Å². The zero-order chi connectivity index (χ0) is 10.1. The molecule has 1 heterocycles. The lowest BCUT2D eigenvalue weighted by Crippen LogP contribution is -2.09. The van der Waals surface area contributed by atoms with E-state index in [-0.39, 0.29) is 0 Å². The van der Waals surface area contributed by atoms with Gasteiger partial charge in [-0.25, -0.2) is 4.98 Å². The monoisotopic (exact) mass is 256 g/mol. The van der Waals surface area contributed by atoms with Crippen LogP contribution in [0.3, 0.4) is 0 Å². The van der Waals surface area contributed by atoms with Crippen LogP contribution < -0.4 is 11.1 Å². The van der Waals surface area contributed by atoms with Gasteiger partial charge in [-0.3, -0.25) is 0 Å². The minimum absolute atomic E-state index is 0.489. The Kier molecular flexibility index (Phi) is 2.58. The Labute approximate surface area is 91.4 Å². The summed E-state index contributed by atoms with van der Waals surface area (Å²) >= 11 is 3.28. The predicted octanol–water partition coefficient (Wildman–Crippen LogP) is 2.03. The molecule has 2 atom stereocenters. The second kappa shape index (κ2) is 3.73. The molecule has 0 bridgehead atoms. The van der Waals surface area contributed by atoms with Crippen molar-refractivity contribution in [3.8, 4) is 0 Å². The fourth-order valence-corrected chi connectivity index (χ4v) is 1.94. The van der Waals surface area contributed by atoms with Crippen LogP contribution in [0.15, 0.2) is 10.7 Å². The van der Waals surface area contributed by atoms with Crippen molar-refractivity contribution in [2.24, 2.45) is 5.92 Å². The van der Waals surface area contributed by atoms with Gasteiger partial charge >= 0.3 is 0 Å². The number of nitrogens with one attached hydrogen (secondary N) is 1. The van der Waals surface area contributed by atoms with Crippen LogP contribution in [0.2, 0.25) is 0 Å². The van der Waals surface area contributed by atoms with E-state index in [1.54, 1.807) is 6.07 Å². The minimum Gasteiger partial charge on any atom is -0.383 e. The first-order valence-corrected chi connectivity index (χ1v) is 5.55. The Balaban J connectivity index is 2.03. The topological polar surface area (TPSA) is 63.8 Å². The fourth-order valence-electron chi connectivity index (χ4n) is 1.54. The number of anilines is 2. The highest BCUT2D eigenvalue weighted by molar-refractivity contribution is 9.10. The smallest absolute Gasteiger partial charge is 0.225 e. The van der Waals surface area contributed by atoms with E-state index >= 15 is 0 Å². The molecule has 0 spiro atoms. The van der Waals surface area contributed by atoms with Gasteiger partial charge in [0.2, 0.25) is 5.95 Å². The SMILES string of the molecule is CCC1CC1Nc1nc(N)cc(Br)n1. The average molecular weight is 257 g/mol. The van der Waals surface area contributed by atoms with Crippen molar-refractivity contribution in [3.63, 3.8) is 0 Å². The molecule has 0 radical (unpaired) electrons. The van der Waals surface area contributed by atoms with Crippen molar-refractivity contribution in [2.45, 2.75) is 25.8 Å². The first kappa shape index (κ1) is 9.71. The lowest BCUT2D eigenvalue weighted by molar-refractivity contribution is 0.771. The number of rotatable bonds is 3. The van der Waals surface area contributed by atoms with Crippen LogP contribution in [0.25, 0.3) is 0 Å². The van der Waals surface area contributed by atoms with E-state index in [1.165, 1.54) is 12.8 Å². The zero-order valence-corrected chi connectivity index (χ0v) is 9.58. The molecule has 1 aromatic rings. The van der Waals surface area contributed by atoms with Crippen molar-refractivity contribution < 1.29 is 0 Å². The minimum atomic E-state index is 0.489. The van der Waals surface area contributed by atoms with Crippen LogP contribution in [-0.4, -0.2) is 16.0 Å². The molecular weight excluding hydrogens is 244 g/mol. The summed E-state index contributed by atoms with van der Waals surface area (Å²) in [6, 6.07) is 2.23. The maximum absolute atomic E-state index is 5.60. The van der Waals surface area contributed by atoms with Crippen LogP contribution >= 0.6 is 15.9 Å². The van der Waals surface area contributed by atoms with Crippen LogP contribution in [0.1, 0.15) is 19.8 Å². The number of nitrogen functional groups attached to an aromatic ring is 1. The summed E-state index contributed by atoms with van der Waals surface area (Å²) in [4.78, 5) is 8.31. The Hall–Kier alpha value is -0.840. The number of hydrogen-bond acceptors (Lipinski definition) is 4. The molecule has 0 aliphatic heterocycles. The summed E-state index contributed by atoms with van der Waals surface area (Å²) in [5.74, 6) is 1.89. The van der Waals surface area contributed by atoms with Crippen molar-refractivity contribution in [2.75, 3.05) is 11.1 Å². The Morgan fingerprint density at radius 3 is 3.00 bits per heavy atom. The van der Waals surface area contributed by atoms with Crippen molar-refractivity contribution in [3.05, 3.63) is 10.7 Å². The predicted molar refractivity (Wildman–Crippen MR) is 60.0 cm³/mol. The molecular formula is C9H13BrN4. The molecule has 1 aromatic heterocycles. The van der Waals surface area contributed by atoms with Gasteiger partial charge in [-0.15, -0.1) is 0 Å². The molecule has 1 aliphatic carbocycles. The molecule has 1 aliphatic rings. The molecule has 76 valence electrons. The summed E-state index contributed by atoms with van der Waals surface area (Å²) in [6.45, 7) is 2.20. The Bertz CT molecular complexity index is 321. The van der Waals surface area contributed by atoms with E-state index in [1.807, 2.05) is 0 Å². The molecule has 14 heavy (non-hydrogen) atoms. The molecule has 5 heteroatoms. The molecule has 1 fully saturated rings. The highest BCUT2D eigenvalue weighted by Gasteiger charge is 2.35. The van der Waals surface area contributed by atoms with Gasteiger partial charge in [0.05, 0.1) is 0 Å². The second-order valence-electron chi connectivity index (χ2n) is 3.59. The van der Waals surface area contributed by atoms with E-state index in [2.05, 4.69) is 38.1 Å². The third-order valence-electron chi connectivity index (χ3n) is 2.48. The maximum Gasteiger partial charge on any atom is 0.225 e. The molecule has 2 unspecified atom stereocenters. The summed E-state index contributed by atoms with van der Waals surface area (Å²) in [5, 5.41) is 3.27. The highest BCUT2D eigenvalue weighted by Crippen LogP contribution is 2.35. The fraction of sp³-hybridized carbons (Fsp3) is 0.556. The number of nitrogens with two attached hydrogens (primary N) is 1. The van der Waals surface area contributed by atoms with Crippen molar-refractivity contribution >= 4 is 27.7 Å². The van der Waals surface area contributed by atoms with Gasteiger partial charge in [0, 0.05) is 12.1 Å². The number of nitrogens with zero attached hydrogens (tertiary/aromatic N) is 2. The average Bonchev–Trinajstić information content (AvgIpc) is 2.81. The van der Waals surface area contributed by atoms with Gasteiger partial charge in [0.15, 0.2) is 0 Å². The third-order valence-corrected chi connectivity index (χ3v) is 2.88. The van der Waals surface area contributed by atoms with E-state index in [9.17, 15) is 0 Å². The number of halogens is 1. The molecule has 3 N–H and O–H groups in total. The van der Waals surface area contributed by atoms with Gasteiger partial charge < -0.3 is 11.1 Å². The van der Waals surface area contributed by atoms with Crippen LogP contribution in [0.5, 0.6) is 0 Å². The second-order valence-corrected chi connectivity index (χ2v) is 4.41. The normalized spacial score (nSPS) is 24.7. The van der Waals surface area contributed by atoms with Gasteiger partial charge in [-0.05, 0) is 28.3 Å². The zero-order valence-electron chi connectivity index (χ0n) is 8.00. The Morgan fingerprint density at radius 2 is 2.43 bits per heavy atom. The van der Waals surface area contributed by atoms with Gasteiger partial charge in [-0.1, -0.05) is 13.3 Å². The standard InChI is InChI=1S/C9H13BrN4/c1-2-5-3-6(5)12-9-13-7(10)4-8(11)14-9/h4-6H,2-3H2,1H3,(H3,11,12,13,14). The number of hydrogen-bond donors (Lipinski definition) is 2. The van der Waals surface area contributed by atoms with E-state index in [4.69, 9.17) is 5.73 Å². The third kappa shape index (κ3) is 2.15. The van der Waals surface area contributed by atoms with Gasteiger partial charge in [-0.2, -0.15) is 4.98 Å². The largest absolute Gasteiger partial charge is 0.383 e. The molecule has 1 saturated carbocycles. The summed E-state index contributed by atoms with van der Waals surface area (Å²) in [5.41, 5.74) is 5.60. The summed E-state index contributed by atoms with van der Waals surface area (Å²) in [6.07, 6.45) is 2.42. The number of aromatic nitrogens is 2. The van der Waals surface area contributed by atoms with Gasteiger partial charge in [0.25, 0.3) is 0 Å². The Morgan fingerprint density at radius 1 is 1.64 bits per heavy atom. The molecule has 2 rings (SSSR count). The lowest BCUT2D eigenvalue weighted by atomic mass is 10.3. The quantitative estimate of drug-likeness (QED) is 0.813. The van der Waals surface area contributed by atoms with Crippen LogP contribution in [-0.2, 0) is 0 Å². The highest BCUT2D eigenvalue weighted by atomic mass is 79.9. The molecule has 0 saturated heterocycles. The van der Waals surface area contributed by atoms with Crippen LogP contribution in [0, 0.1) is 5.92 Å². The van der Waals surface area contributed by atoms with E-state index in [0.29, 0.717) is 17.8 Å².